The molecule has 4 heteroatoms. The molecule has 0 atom stereocenters. The van der Waals surface area contributed by atoms with E-state index < -0.39 is 0 Å². The average Bonchev–Trinajstić information content (AvgIpc) is 2.30. The number of benzene rings is 1. The lowest BCUT2D eigenvalue weighted by Gasteiger charge is -2.18. The Bertz CT molecular complexity index is 335. The number of aryl methyl sites for hydroxylation is 1. The van der Waals surface area contributed by atoms with Crippen LogP contribution < -0.4 is 4.74 Å². The lowest BCUT2D eigenvalue weighted by Crippen LogP contribution is -2.25. The van der Waals surface area contributed by atoms with E-state index in [2.05, 4.69) is 15.9 Å². The zero-order valence-corrected chi connectivity index (χ0v) is 12.1. The zero-order chi connectivity index (χ0) is 12.7. The first kappa shape index (κ1) is 14.5. The molecule has 0 unspecified atom stereocenters. The van der Waals surface area contributed by atoms with E-state index in [0.717, 1.165) is 15.8 Å². The van der Waals surface area contributed by atoms with Gasteiger partial charge in [-0.25, -0.2) is 0 Å². The standard InChI is InChI=1S/C13H19BrO3/c1-4-15-13(16-5-2)9-17-12-8-11(14)7-6-10(12)3/h6-8,13H,4-5,9H2,1-3H3. The smallest absolute Gasteiger partial charge is 0.191 e. The number of hydrogen-bond acceptors (Lipinski definition) is 3. The van der Waals surface area contributed by atoms with Gasteiger partial charge in [-0.05, 0) is 38.5 Å². The molecule has 0 spiro atoms. The van der Waals surface area contributed by atoms with Gasteiger partial charge in [0.05, 0.1) is 0 Å². The summed E-state index contributed by atoms with van der Waals surface area (Å²) in [6.45, 7) is 7.53. The SMILES string of the molecule is CCOC(COc1cc(Br)ccc1C)OCC. The molecule has 1 aromatic carbocycles. The molecule has 1 aromatic rings. The summed E-state index contributed by atoms with van der Waals surface area (Å²) in [5.41, 5.74) is 1.10. The average molecular weight is 303 g/mol. The summed E-state index contributed by atoms with van der Waals surface area (Å²) in [5.74, 6) is 0.851. The normalized spacial score (nSPS) is 10.9. The molecule has 0 aliphatic heterocycles. The van der Waals surface area contributed by atoms with Crippen LogP contribution in [0.1, 0.15) is 19.4 Å². The van der Waals surface area contributed by atoms with Crippen molar-refractivity contribution in [2.75, 3.05) is 19.8 Å². The maximum atomic E-state index is 5.70. The van der Waals surface area contributed by atoms with Crippen LogP contribution in [0, 0.1) is 6.92 Å². The fourth-order valence-electron chi connectivity index (χ4n) is 1.40. The van der Waals surface area contributed by atoms with Gasteiger partial charge in [0, 0.05) is 17.7 Å². The van der Waals surface area contributed by atoms with E-state index in [4.69, 9.17) is 14.2 Å². The second-order valence-electron chi connectivity index (χ2n) is 3.56. The second kappa shape index (κ2) is 7.69. The Morgan fingerprint density at radius 2 is 1.82 bits per heavy atom. The zero-order valence-electron chi connectivity index (χ0n) is 10.5. The Hall–Kier alpha value is -0.580. The highest BCUT2D eigenvalue weighted by Crippen LogP contribution is 2.23. The van der Waals surface area contributed by atoms with E-state index in [1.165, 1.54) is 0 Å². The van der Waals surface area contributed by atoms with Crippen LogP contribution >= 0.6 is 15.9 Å². The summed E-state index contributed by atoms with van der Waals surface area (Å²) in [6, 6.07) is 5.95. The van der Waals surface area contributed by atoms with Gasteiger partial charge in [0.15, 0.2) is 6.29 Å². The van der Waals surface area contributed by atoms with Crippen LogP contribution in [0.15, 0.2) is 22.7 Å². The minimum Gasteiger partial charge on any atom is -0.488 e. The van der Waals surface area contributed by atoms with Gasteiger partial charge in [-0.1, -0.05) is 22.0 Å². The highest BCUT2D eigenvalue weighted by atomic mass is 79.9. The monoisotopic (exact) mass is 302 g/mol. The molecule has 96 valence electrons. The molecule has 0 aliphatic carbocycles. The second-order valence-corrected chi connectivity index (χ2v) is 4.48. The number of hydrogen-bond donors (Lipinski definition) is 0. The molecule has 0 saturated carbocycles. The van der Waals surface area contributed by atoms with Gasteiger partial charge in [0.1, 0.15) is 12.4 Å². The van der Waals surface area contributed by atoms with Crippen LogP contribution in [0.3, 0.4) is 0 Å². The lowest BCUT2D eigenvalue weighted by atomic mass is 10.2. The molecule has 1 rings (SSSR count). The Kier molecular flexibility index (Phi) is 6.55. The molecular formula is C13H19BrO3. The van der Waals surface area contributed by atoms with Crippen LogP contribution in [0.25, 0.3) is 0 Å². The fourth-order valence-corrected chi connectivity index (χ4v) is 1.74. The van der Waals surface area contributed by atoms with Crippen molar-refractivity contribution in [3.05, 3.63) is 28.2 Å². The predicted octanol–water partition coefficient (Wildman–Crippen LogP) is 3.54. The Morgan fingerprint density at radius 1 is 1.18 bits per heavy atom. The molecule has 17 heavy (non-hydrogen) atoms. The summed E-state index contributed by atoms with van der Waals surface area (Å²) >= 11 is 3.42. The molecular weight excluding hydrogens is 284 g/mol. The van der Waals surface area contributed by atoms with Crippen molar-refractivity contribution in [2.45, 2.75) is 27.1 Å². The first-order chi connectivity index (χ1) is 8.17. The summed E-state index contributed by atoms with van der Waals surface area (Å²) < 4.78 is 17.5. The Balaban J connectivity index is 2.55. The third-order valence-electron chi connectivity index (χ3n) is 2.23. The van der Waals surface area contributed by atoms with E-state index in [0.29, 0.717) is 19.8 Å². The summed E-state index contributed by atoms with van der Waals surface area (Å²) in [5, 5.41) is 0. The van der Waals surface area contributed by atoms with Crippen LogP contribution in [0.4, 0.5) is 0 Å². The topological polar surface area (TPSA) is 27.7 Å². The van der Waals surface area contributed by atoms with Crippen molar-refractivity contribution in [2.24, 2.45) is 0 Å². The maximum Gasteiger partial charge on any atom is 0.191 e. The molecule has 0 heterocycles. The van der Waals surface area contributed by atoms with Crippen molar-refractivity contribution in [3.63, 3.8) is 0 Å². The van der Waals surface area contributed by atoms with Crippen LogP contribution in [0.2, 0.25) is 0 Å². The lowest BCUT2D eigenvalue weighted by molar-refractivity contribution is -0.152. The van der Waals surface area contributed by atoms with Gasteiger partial charge in [0.25, 0.3) is 0 Å². The van der Waals surface area contributed by atoms with Gasteiger partial charge in [-0.2, -0.15) is 0 Å². The fraction of sp³-hybridized carbons (Fsp3) is 0.538. The van der Waals surface area contributed by atoms with Gasteiger partial charge in [-0.3, -0.25) is 0 Å². The van der Waals surface area contributed by atoms with E-state index in [1.54, 1.807) is 0 Å². The number of ether oxygens (including phenoxy) is 3. The minimum absolute atomic E-state index is 0.302. The first-order valence-electron chi connectivity index (χ1n) is 5.79. The van der Waals surface area contributed by atoms with Crippen molar-refractivity contribution >= 4 is 15.9 Å². The van der Waals surface area contributed by atoms with Crippen molar-refractivity contribution in [3.8, 4) is 5.75 Å². The van der Waals surface area contributed by atoms with Gasteiger partial charge < -0.3 is 14.2 Å². The number of halogens is 1. The van der Waals surface area contributed by atoms with E-state index in [1.807, 2.05) is 39.0 Å². The molecule has 0 aromatic heterocycles. The molecule has 0 aliphatic rings. The van der Waals surface area contributed by atoms with E-state index >= 15 is 0 Å². The van der Waals surface area contributed by atoms with E-state index in [9.17, 15) is 0 Å². The summed E-state index contributed by atoms with van der Waals surface area (Å²) in [6.07, 6.45) is -0.302. The number of rotatable bonds is 7. The van der Waals surface area contributed by atoms with Gasteiger partial charge in [-0.15, -0.1) is 0 Å². The van der Waals surface area contributed by atoms with Crippen LogP contribution in [-0.2, 0) is 9.47 Å². The summed E-state index contributed by atoms with van der Waals surface area (Å²) in [4.78, 5) is 0. The van der Waals surface area contributed by atoms with Gasteiger partial charge in [0.2, 0.25) is 0 Å². The predicted molar refractivity (Wildman–Crippen MR) is 71.4 cm³/mol. The van der Waals surface area contributed by atoms with Crippen molar-refractivity contribution in [1.29, 1.82) is 0 Å². The third-order valence-corrected chi connectivity index (χ3v) is 2.72. The molecule has 3 nitrogen and oxygen atoms in total. The van der Waals surface area contributed by atoms with Crippen molar-refractivity contribution in [1.82, 2.24) is 0 Å². The highest BCUT2D eigenvalue weighted by molar-refractivity contribution is 9.10. The molecule has 0 bridgehead atoms. The molecule has 0 saturated heterocycles. The highest BCUT2D eigenvalue weighted by Gasteiger charge is 2.10. The van der Waals surface area contributed by atoms with E-state index in [-0.39, 0.29) is 6.29 Å². The van der Waals surface area contributed by atoms with Gasteiger partial charge >= 0.3 is 0 Å². The molecule has 0 fully saturated rings. The molecule has 0 radical (unpaired) electrons. The molecule has 0 amide bonds. The van der Waals surface area contributed by atoms with Crippen LogP contribution in [0.5, 0.6) is 5.75 Å². The maximum absolute atomic E-state index is 5.70. The third kappa shape index (κ3) is 5.06. The Morgan fingerprint density at radius 3 is 2.41 bits per heavy atom. The van der Waals surface area contributed by atoms with Crippen LogP contribution in [-0.4, -0.2) is 26.1 Å². The largest absolute Gasteiger partial charge is 0.488 e. The first-order valence-corrected chi connectivity index (χ1v) is 6.58. The molecule has 0 N–H and O–H groups in total. The van der Waals surface area contributed by atoms with Crippen molar-refractivity contribution < 1.29 is 14.2 Å². The quantitative estimate of drug-likeness (QED) is 0.721. The minimum atomic E-state index is -0.302. The Labute approximate surface area is 111 Å². The summed E-state index contributed by atoms with van der Waals surface area (Å²) in [7, 11) is 0.